The van der Waals surface area contributed by atoms with Crippen molar-refractivity contribution in [2.45, 2.75) is 44.6 Å². The van der Waals surface area contributed by atoms with E-state index in [0.29, 0.717) is 30.0 Å². The van der Waals surface area contributed by atoms with Gasteiger partial charge < -0.3 is 14.6 Å². The average Bonchev–Trinajstić information content (AvgIpc) is 2.83. The molecule has 7 heteroatoms. The van der Waals surface area contributed by atoms with Gasteiger partial charge in [0.25, 0.3) is 0 Å². The van der Waals surface area contributed by atoms with Crippen molar-refractivity contribution in [3.05, 3.63) is 83.0 Å². The monoisotopic (exact) mass is 479 g/mol. The van der Waals surface area contributed by atoms with Crippen LogP contribution in [0.25, 0.3) is 0 Å². The topological polar surface area (TPSA) is 85.7 Å². The van der Waals surface area contributed by atoms with Crippen molar-refractivity contribution in [1.29, 1.82) is 0 Å². The number of benzene rings is 2. The van der Waals surface area contributed by atoms with Gasteiger partial charge in [-0.25, -0.2) is 4.98 Å². The molecule has 0 unspecified atom stereocenters. The first-order valence-corrected chi connectivity index (χ1v) is 12.2. The number of ketones is 1. The summed E-state index contributed by atoms with van der Waals surface area (Å²) in [5, 5.41) is 8.85. The molecule has 1 aromatic heterocycles. The Labute approximate surface area is 204 Å². The lowest BCUT2D eigenvalue weighted by atomic mass is 10.0. The molecule has 0 radical (unpaired) electrons. The van der Waals surface area contributed by atoms with Crippen LogP contribution >= 0.6 is 11.8 Å². The molecule has 0 aliphatic carbocycles. The molecule has 0 saturated carbocycles. The number of thioether (sulfide) groups is 1. The zero-order chi connectivity index (χ0) is 24.5. The van der Waals surface area contributed by atoms with Crippen molar-refractivity contribution < 1.29 is 24.2 Å². The van der Waals surface area contributed by atoms with Crippen molar-refractivity contribution in [2.75, 3.05) is 12.4 Å². The smallest absolute Gasteiger partial charge is 0.313 e. The Balaban J connectivity index is 1.61. The quantitative estimate of drug-likeness (QED) is 0.267. The second-order valence-electron chi connectivity index (χ2n) is 7.92. The minimum Gasteiger partial charge on any atom is -0.493 e. The second kappa shape index (κ2) is 12.2. The number of hydrogen-bond donors (Lipinski definition) is 1. The third-order valence-corrected chi connectivity index (χ3v) is 6.36. The highest BCUT2D eigenvalue weighted by Crippen LogP contribution is 2.27. The molecule has 34 heavy (non-hydrogen) atoms. The maximum Gasteiger partial charge on any atom is 0.313 e. The van der Waals surface area contributed by atoms with Crippen molar-refractivity contribution in [3.8, 4) is 11.6 Å². The molecule has 3 aromatic rings. The predicted molar refractivity (Wildman–Crippen MR) is 133 cm³/mol. The van der Waals surface area contributed by atoms with Gasteiger partial charge in [-0.2, -0.15) is 0 Å². The Morgan fingerprint density at radius 2 is 1.88 bits per heavy atom. The summed E-state index contributed by atoms with van der Waals surface area (Å²) in [6.45, 7) is 6.30. The first kappa shape index (κ1) is 25.3. The van der Waals surface area contributed by atoms with E-state index in [1.807, 2.05) is 63.2 Å². The molecule has 1 N–H and O–H groups in total. The molecule has 3 rings (SSSR count). The molecule has 0 spiro atoms. The number of aromatic nitrogens is 1. The largest absolute Gasteiger partial charge is 0.493 e. The molecule has 0 saturated heterocycles. The third kappa shape index (κ3) is 7.09. The Morgan fingerprint density at radius 1 is 1.12 bits per heavy atom. The first-order valence-electron chi connectivity index (χ1n) is 11.2. The van der Waals surface area contributed by atoms with Gasteiger partial charge in [-0.1, -0.05) is 37.3 Å². The Morgan fingerprint density at radius 3 is 2.56 bits per heavy atom. The van der Waals surface area contributed by atoms with E-state index in [9.17, 15) is 9.59 Å². The van der Waals surface area contributed by atoms with E-state index >= 15 is 0 Å². The van der Waals surface area contributed by atoms with Gasteiger partial charge in [0.05, 0.1) is 17.9 Å². The predicted octanol–water partition coefficient (Wildman–Crippen LogP) is 5.60. The molecule has 2 aromatic carbocycles. The standard InChI is InChI=1S/C27H29NO5S/c1-4-20-15-23(26(31)21-8-6-5-7-9-21)27(28-16-20)33-19(3)12-13-32-22-10-11-24(18(2)14-22)34-17-25(29)30/h5-11,14-16,19H,4,12-13,17H2,1-3H3,(H,29,30)/t19-/m1/s1. The van der Waals surface area contributed by atoms with Gasteiger partial charge in [-0.3, -0.25) is 9.59 Å². The molecule has 1 atom stereocenters. The Bertz CT molecular complexity index is 1130. The van der Waals surface area contributed by atoms with Crippen LogP contribution < -0.4 is 9.47 Å². The average molecular weight is 480 g/mol. The number of nitrogens with zero attached hydrogens (tertiary/aromatic N) is 1. The SMILES string of the molecule is CCc1cnc(O[C@H](C)CCOc2ccc(SCC(=O)O)c(C)c2)c(C(=O)c2ccccc2)c1. The van der Waals surface area contributed by atoms with Crippen LogP contribution in [0.1, 0.15) is 47.3 Å². The Hall–Kier alpha value is -3.32. The molecule has 0 aliphatic rings. The summed E-state index contributed by atoms with van der Waals surface area (Å²) in [5.74, 6) is 0.117. The fraction of sp³-hybridized carbons (Fsp3) is 0.296. The second-order valence-corrected chi connectivity index (χ2v) is 8.94. The maximum absolute atomic E-state index is 13.1. The molecule has 6 nitrogen and oxygen atoms in total. The van der Waals surface area contributed by atoms with E-state index in [2.05, 4.69) is 4.98 Å². The number of aliphatic carboxylic acids is 1. The highest BCUT2D eigenvalue weighted by molar-refractivity contribution is 8.00. The van der Waals surface area contributed by atoms with Crippen LogP contribution in [-0.4, -0.2) is 40.3 Å². The summed E-state index contributed by atoms with van der Waals surface area (Å²) in [6, 6.07) is 16.6. The number of carboxylic acids is 1. The third-order valence-electron chi connectivity index (χ3n) is 5.20. The summed E-state index contributed by atoms with van der Waals surface area (Å²) in [4.78, 5) is 29.2. The van der Waals surface area contributed by atoms with Crippen LogP contribution in [0.5, 0.6) is 11.6 Å². The van der Waals surface area contributed by atoms with Gasteiger partial charge in [-0.05, 0) is 55.7 Å². The van der Waals surface area contributed by atoms with E-state index in [1.54, 1.807) is 18.3 Å². The summed E-state index contributed by atoms with van der Waals surface area (Å²) < 4.78 is 11.9. The number of carboxylic acid groups (broad SMARTS) is 1. The molecule has 0 bridgehead atoms. The zero-order valence-electron chi connectivity index (χ0n) is 19.6. The molecule has 0 amide bonds. The number of pyridine rings is 1. The van der Waals surface area contributed by atoms with Gasteiger partial charge in [0.1, 0.15) is 11.9 Å². The number of carbonyl (C=O) groups excluding carboxylic acids is 1. The molecular weight excluding hydrogens is 450 g/mol. The van der Waals surface area contributed by atoms with E-state index in [4.69, 9.17) is 14.6 Å². The van der Waals surface area contributed by atoms with Gasteiger partial charge in [0.15, 0.2) is 5.78 Å². The van der Waals surface area contributed by atoms with Gasteiger partial charge in [0, 0.05) is 23.1 Å². The number of rotatable bonds is 12. The molecule has 1 heterocycles. The summed E-state index contributed by atoms with van der Waals surface area (Å²) in [6.07, 6.45) is 2.91. The lowest BCUT2D eigenvalue weighted by Crippen LogP contribution is -2.18. The summed E-state index contributed by atoms with van der Waals surface area (Å²) in [7, 11) is 0. The normalized spacial score (nSPS) is 11.6. The lowest BCUT2D eigenvalue weighted by Gasteiger charge is -2.17. The van der Waals surface area contributed by atoms with Crippen LogP contribution in [-0.2, 0) is 11.2 Å². The van der Waals surface area contributed by atoms with Gasteiger partial charge in [0.2, 0.25) is 5.88 Å². The highest BCUT2D eigenvalue weighted by Gasteiger charge is 2.19. The first-order chi connectivity index (χ1) is 16.4. The van der Waals surface area contributed by atoms with E-state index in [0.717, 1.165) is 28.2 Å². The molecular formula is C27H29NO5S. The van der Waals surface area contributed by atoms with Crippen LogP contribution in [0.3, 0.4) is 0 Å². The van der Waals surface area contributed by atoms with Crippen molar-refractivity contribution in [1.82, 2.24) is 4.98 Å². The number of ether oxygens (including phenoxy) is 2. The van der Waals surface area contributed by atoms with Crippen LogP contribution in [0.15, 0.2) is 65.7 Å². The number of aryl methyl sites for hydroxylation is 2. The van der Waals surface area contributed by atoms with Crippen molar-refractivity contribution in [3.63, 3.8) is 0 Å². The maximum atomic E-state index is 13.1. The fourth-order valence-corrected chi connectivity index (χ4v) is 4.03. The van der Waals surface area contributed by atoms with Gasteiger partial charge >= 0.3 is 5.97 Å². The fourth-order valence-electron chi connectivity index (χ4n) is 3.30. The van der Waals surface area contributed by atoms with Gasteiger partial charge in [-0.15, -0.1) is 11.8 Å². The zero-order valence-corrected chi connectivity index (χ0v) is 20.4. The van der Waals surface area contributed by atoms with Crippen LogP contribution in [0.2, 0.25) is 0 Å². The molecule has 178 valence electrons. The summed E-state index contributed by atoms with van der Waals surface area (Å²) >= 11 is 1.29. The highest BCUT2D eigenvalue weighted by atomic mass is 32.2. The molecule has 0 fully saturated rings. The van der Waals surface area contributed by atoms with Crippen molar-refractivity contribution in [2.24, 2.45) is 0 Å². The van der Waals surface area contributed by atoms with Crippen molar-refractivity contribution >= 4 is 23.5 Å². The van der Waals surface area contributed by atoms with E-state index in [-0.39, 0.29) is 17.6 Å². The number of carbonyl (C=O) groups is 2. The summed E-state index contributed by atoms with van der Waals surface area (Å²) in [5.41, 5.74) is 3.00. The van der Waals surface area contributed by atoms with E-state index in [1.165, 1.54) is 11.8 Å². The molecule has 0 aliphatic heterocycles. The number of hydrogen-bond acceptors (Lipinski definition) is 6. The Kier molecular flexibility index (Phi) is 9.10. The minimum absolute atomic E-state index is 0.0257. The van der Waals surface area contributed by atoms with E-state index < -0.39 is 5.97 Å². The minimum atomic E-state index is -0.842. The van der Waals surface area contributed by atoms with Crippen LogP contribution in [0.4, 0.5) is 0 Å². The lowest BCUT2D eigenvalue weighted by molar-refractivity contribution is -0.133. The van der Waals surface area contributed by atoms with Crippen LogP contribution in [0, 0.1) is 6.92 Å².